The van der Waals surface area contributed by atoms with Crippen LogP contribution in [0, 0.1) is 5.41 Å². The summed E-state index contributed by atoms with van der Waals surface area (Å²) in [6, 6.07) is 0. The van der Waals surface area contributed by atoms with E-state index in [4.69, 9.17) is 0 Å². The Bertz CT molecular complexity index is 494. The molecule has 2 rings (SSSR count). The van der Waals surface area contributed by atoms with Crippen LogP contribution in [0.3, 0.4) is 0 Å². The van der Waals surface area contributed by atoms with E-state index in [2.05, 4.69) is 26.9 Å². The number of anilines is 1. The van der Waals surface area contributed by atoms with Gasteiger partial charge in [-0.05, 0) is 18.3 Å². The Morgan fingerprint density at radius 3 is 2.41 bits per heavy atom. The molecule has 1 fully saturated rings. The van der Waals surface area contributed by atoms with E-state index in [1.54, 1.807) is 7.05 Å². The molecule has 1 aromatic rings. The Labute approximate surface area is 101 Å². The minimum Gasteiger partial charge on any atom is -0.357 e. The second-order valence-corrected chi connectivity index (χ2v) is 6.39. The van der Waals surface area contributed by atoms with Gasteiger partial charge in [0, 0.05) is 13.6 Å². The maximum absolute atomic E-state index is 11.9. The molecule has 1 heterocycles. The predicted molar refractivity (Wildman–Crippen MR) is 64.1 cm³/mol. The molecular weight excluding hydrogens is 240 g/mol. The lowest BCUT2D eigenvalue weighted by atomic mass is 10.2. The molecule has 0 amide bonds. The second kappa shape index (κ2) is 4.23. The van der Waals surface area contributed by atoms with E-state index in [9.17, 15) is 8.42 Å². The van der Waals surface area contributed by atoms with Crippen molar-refractivity contribution in [2.75, 3.05) is 18.9 Å². The van der Waals surface area contributed by atoms with Crippen LogP contribution in [-0.2, 0) is 10.0 Å². The zero-order chi connectivity index (χ0) is 12.5. The van der Waals surface area contributed by atoms with Crippen molar-refractivity contribution in [2.24, 2.45) is 5.41 Å². The molecule has 1 saturated carbocycles. The van der Waals surface area contributed by atoms with Crippen LogP contribution in [0.15, 0.2) is 17.3 Å². The normalized spacial score (nSPS) is 17.8. The van der Waals surface area contributed by atoms with E-state index in [0.717, 1.165) is 12.8 Å². The Hall–Kier alpha value is -1.21. The van der Waals surface area contributed by atoms with Gasteiger partial charge < -0.3 is 5.32 Å². The van der Waals surface area contributed by atoms with Gasteiger partial charge in [-0.15, -0.1) is 0 Å². The molecule has 0 atom stereocenters. The third-order valence-electron chi connectivity index (χ3n) is 2.95. The lowest BCUT2D eigenvalue weighted by molar-refractivity contribution is 0.530. The SMILES string of the molecule is CNc1ncc(S(=O)(=O)NCC2(C)CC2)cn1. The van der Waals surface area contributed by atoms with Gasteiger partial charge in [-0.25, -0.2) is 23.1 Å². The number of aromatic nitrogens is 2. The molecule has 1 aromatic heterocycles. The zero-order valence-electron chi connectivity index (χ0n) is 9.90. The monoisotopic (exact) mass is 256 g/mol. The molecule has 0 aromatic carbocycles. The average Bonchev–Trinajstić information content (AvgIpc) is 3.06. The fourth-order valence-electron chi connectivity index (χ4n) is 1.33. The summed E-state index contributed by atoms with van der Waals surface area (Å²) >= 11 is 0. The number of sulfonamides is 1. The van der Waals surface area contributed by atoms with Crippen LogP contribution in [0.25, 0.3) is 0 Å². The number of hydrogen-bond donors (Lipinski definition) is 2. The molecule has 0 radical (unpaired) electrons. The fourth-order valence-corrected chi connectivity index (χ4v) is 2.41. The molecule has 0 bridgehead atoms. The van der Waals surface area contributed by atoms with Crippen LogP contribution in [0.1, 0.15) is 19.8 Å². The molecule has 1 aliphatic carbocycles. The molecule has 0 saturated heterocycles. The third-order valence-corrected chi connectivity index (χ3v) is 4.31. The van der Waals surface area contributed by atoms with Crippen molar-refractivity contribution in [3.05, 3.63) is 12.4 Å². The highest BCUT2D eigenvalue weighted by atomic mass is 32.2. The Morgan fingerprint density at radius 1 is 1.35 bits per heavy atom. The highest BCUT2D eigenvalue weighted by Gasteiger charge is 2.38. The van der Waals surface area contributed by atoms with Crippen LogP contribution in [0.5, 0.6) is 0 Å². The first kappa shape index (κ1) is 12.3. The Balaban J connectivity index is 2.07. The number of hydrogen-bond acceptors (Lipinski definition) is 5. The van der Waals surface area contributed by atoms with Gasteiger partial charge in [-0.3, -0.25) is 0 Å². The van der Waals surface area contributed by atoms with Crippen molar-refractivity contribution >= 4 is 16.0 Å². The lowest BCUT2D eigenvalue weighted by Gasteiger charge is -2.10. The van der Waals surface area contributed by atoms with Crippen molar-refractivity contribution < 1.29 is 8.42 Å². The molecule has 0 aliphatic heterocycles. The number of rotatable bonds is 5. The van der Waals surface area contributed by atoms with Gasteiger partial charge in [-0.2, -0.15) is 0 Å². The maximum atomic E-state index is 11.9. The summed E-state index contributed by atoms with van der Waals surface area (Å²) in [5.74, 6) is 0.401. The summed E-state index contributed by atoms with van der Waals surface area (Å²) in [6.07, 6.45) is 4.75. The van der Waals surface area contributed by atoms with Crippen LogP contribution in [0.4, 0.5) is 5.95 Å². The van der Waals surface area contributed by atoms with Crippen LogP contribution in [0.2, 0.25) is 0 Å². The van der Waals surface area contributed by atoms with Gasteiger partial charge in [0.05, 0.1) is 12.4 Å². The zero-order valence-corrected chi connectivity index (χ0v) is 10.7. The first-order valence-electron chi connectivity index (χ1n) is 5.45. The molecule has 0 spiro atoms. The van der Waals surface area contributed by atoms with Crippen LogP contribution in [-0.4, -0.2) is 32.0 Å². The second-order valence-electron chi connectivity index (χ2n) is 4.63. The van der Waals surface area contributed by atoms with Crippen molar-refractivity contribution in [1.29, 1.82) is 0 Å². The first-order valence-corrected chi connectivity index (χ1v) is 6.93. The first-order chi connectivity index (χ1) is 7.95. The van der Waals surface area contributed by atoms with E-state index in [1.165, 1.54) is 12.4 Å². The van der Waals surface area contributed by atoms with Crippen molar-refractivity contribution in [2.45, 2.75) is 24.7 Å². The summed E-state index contributed by atoms with van der Waals surface area (Å²) < 4.78 is 26.4. The standard InChI is InChI=1S/C10H16N4O2S/c1-10(3-4-10)7-14-17(15,16)8-5-12-9(11-2)13-6-8/h5-6,14H,3-4,7H2,1-2H3,(H,11,12,13). The number of nitrogens with zero attached hydrogens (tertiary/aromatic N) is 2. The quantitative estimate of drug-likeness (QED) is 0.806. The Morgan fingerprint density at radius 2 is 1.94 bits per heavy atom. The van der Waals surface area contributed by atoms with Gasteiger partial charge >= 0.3 is 0 Å². The van der Waals surface area contributed by atoms with Crippen molar-refractivity contribution in [3.63, 3.8) is 0 Å². The summed E-state index contributed by atoms with van der Waals surface area (Å²) in [4.78, 5) is 7.86. The largest absolute Gasteiger partial charge is 0.357 e. The minimum atomic E-state index is -3.48. The van der Waals surface area contributed by atoms with Gasteiger partial charge in [0.25, 0.3) is 0 Å². The topological polar surface area (TPSA) is 84.0 Å². The molecule has 6 nitrogen and oxygen atoms in total. The summed E-state index contributed by atoms with van der Waals surface area (Å²) in [6.45, 7) is 2.54. The van der Waals surface area contributed by atoms with Gasteiger partial charge in [0.2, 0.25) is 16.0 Å². The van der Waals surface area contributed by atoms with Crippen LogP contribution >= 0.6 is 0 Å². The van der Waals surface area contributed by atoms with E-state index >= 15 is 0 Å². The minimum absolute atomic E-state index is 0.0979. The molecule has 0 unspecified atom stereocenters. The van der Waals surface area contributed by atoms with E-state index in [0.29, 0.717) is 12.5 Å². The molecule has 2 N–H and O–H groups in total. The predicted octanol–water partition coefficient (Wildman–Crippen LogP) is 0.597. The highest BCUT2D eigenvalue weighted by molar-refractivity contribution is 7.89. The molecule has 1 aliphatic rings. The molecule has 17 heavy (non-hydrogen) atoms. The van der Waals surface area contributed by atoms with Gasteiger partial charge in [-0.1, -0.05) is 6.92 Å². The summed E-state index contributed by atoms with van der Waals surface area (Å²) in [5, 5.41) is 2.73. The molecular formula is C10H16N4O2S. The lowest BCUT2D eigenvalue weighted by Crippen LogP contribution is -2.29. The van der Waals surface area contributed by atoms with Gasteiger partial charge in [0.15, 0.2) is 0 Å². The smallest absolute Gasteiger partial charge is 0.243 e. The van der Waals surface area contributed by atoms with Crippen LogP contribution < -0.4 is 10.0 Å². The van der Waals surface area contributed by atoms with Crippen molar-refractivity contribution in [3.8, 4) is 0 Å². The molecule has 94 valence electrons. The highest BCUT2D eigenvalue weighted by Crippen LogP contribution is 2.44. The summed E-state index contributed by atoms with van der Waals surface area (Å²) in [5.41, 5.74) is 0.138. The van der Waals surface area contributed by atoms with Gasteiger partial charge in [0.1, 0.15) is 4.90 Å². The third kappa shape index (κ3) is 2.92. The number of nitrogens with one attached hydrogen (secondary N) is 2. The van der Waals surface area contributed by atoms with E-state index < -0.39 is 10.0 Å². The van der Waals surface area contributed by atoms with E-state index in [-0.39, 0.29) is 10.3 Å². The maximum Gasteiger partial charge on any atom is 0.243 e. The average molecular weight is 256 g/mol. The fraction of sp³-hybridized carbons (Fsp3) is 0.600. The Kier molecular flexibility index (Phi) is 3.05. The van der Waals surface area contributed by atoms with E-state index in [1.807, 2.05) is 0 Å². The summed E-state index contributed by atoms with van der Waals surface area (Å²) in [7, 11) is -1.80. The molecule has 7 heteroatoms. The van der Waals surface area contributed by atoms with Crippen molar-refractivity contribution in [1.82, 2.24) is 14.7 Å².